The summed E-state index contributed by atoms with van der Waals surface area (Å²) in [6.07, 6.45) is 2.03. The number of aryl methyl sites for hydroxylation is 2. The molecule has 17 heavy (non-hydrogen) atoms. The molecule has 0 aliphatic heterocycles. The second kappa shape index (κ2) is 4.17. The van der Waals surface area contributed by atoms with Crippen LogP contribution in [-0.4, -0.2) is 9.61 Å². The molecule has 0 bridgehead atoms. The summed E-state index contributed by atoms with van der Waals surface area (Å²) >= 11 is 0. The topological polar surface area (TPSA) is 17.3 Å². The lowest BCUT2D eigenvalue weighted by molar-refractivity contribution is 0.828. The van der Waals surface area contributed by atoms with Crippen LogP contribution in [0.15, 0.2) is 12.3 Å². The van der Waals surface area contributed by atoms with Gasteiger partial charge >= 0.3 is 0 Å². The maximum atomic E-state index is 4.56. The number of nitrogens with zero attached hydrogens (tertiary/aromatic N) is 2. The molecule has 0 N–H and O–H groups in total. The van der Waals surface area contributed by atoms with Crippen molar-refractivity contribution in [2.45, 2.75) is 53.4 Å². The molecule has 2 aromatic heterocycles. The van der Waals surface area contributed by atoms with Crippen LogP contribution in [0, 0.1) is 13.8 Å². The summed E-state index contributed by atoms with van der Waals surface area (Å²) in [4.78, 5) is 0. The first-order chi connectivity index (χ1) is 7.93. The van der Waals surface area contributed by atoms with Crippen molar-refractivity contribution in [3.63, 3.8) is 0 Å². The molecule has 2 heterocycles. The van der Waals surface area contributed by atoms with Crippen LogP contribution in [-0.2, 0) is 0 Å². The molecule has 2 aromatic rings. The minimum Gasteiger partial charge on any atom is -0.237 e. The van der Waals surface area contributed by atoms with Gasteiger partial charge in [0.2, 0.25) is 0 Å². The first-order valence-electron chi connectivity index (χ1n) is 6.41. The van der Waals surface area contributed by atoms with Crippen LogP contribution < -0.4 is 0 Å². The van der Waals surface area contributed by atoms with Gasteiger partial charge < -0.3 is 0 Å². The lowest BCUT2D eigenvalue weighted by Gasteiger charge is -2.15. The summed E-state index contributed by atoms with van der Waals surface area (Å²) in [6, 6.07) is 2.32. The number of pyridine rings is 1. The smallest absolute Gasteiger partial charge is 0.0734 e. The molecule has 0 saturated carbocycles. The van der Waals surface area contributed by atoms with Crippen molar-refractivity contribution in [3.05, 3.63) is 34.6 Å². The van der Waals surface area contributed by atoms with Crippen LogP contribution in [0.2, 0.25) is 0 Å². The van der Waals surface area contributed by atoms with E-state index in [0.29, 0.717) is 11.8 Å². The van der Waals surface area contributed by atoms with Crippen LogP contribution in [0.1, 0.15) is 61.9 Å². The fourth-order valence-electron chi connectivity index (χ4n) is 2.34. The highest BCUT2D eigenvalue weighted by Gasteiger charge is 2.16. The highest BCUT2D eigenvalue weighted by atomic mass is 15.2. The van der Waals surface area contributed by atoms with Gasteiger partial charge in [0, 0.05) is 11.3 Å². The van der Waals surface area contributed by atoms with Crippen LogP contribution in [0.5, 0.6) is 0 Å². The average molecular weight is 230 g/mol. The van der Waals surface area contributed by atoms with Crippen molar-refractivity contribution in [2.75, 3.05) is 0 Å². The molecular formula is C15H22N2. The van der Waals surface area contributed by atoms with Gasteiger partial charge in [-0.2, -0.15) is 5.10 Å². The van der Waals surface area contributed by atoms with Gasteiger partial charge in [-0.3, -0.25) is 0 Å². The predicted octanol–water partition coefficient (Wildman–Crippen LogP) is 4.20. The molecule has 2 heteroatoms. The summed E-state index contributed by atoms with van der Waals surface area (Å²) in [5.41, 5.74) is 6.65. The molecule has 0 aliphatic carbocycles. The molecule has 0 spiro atoms. The largest absolute Gasteiger partial charge is 0.237 e. The first-order valence-corrected chi connectivity index (χ1v) is 6.41. The van der Waals surface area contributed by atoms with Crippen molar-refractivity contribution in [2.24, 2.45) is 0 Å². The van der Waals surface area contributed by atoms with E-state index in [1.54, 1.807) is 0 Å². The first kappa shape index (κ1) is 12.2. The third kappa shape index (κ3) is 1.86. The highest BCUT2D eigenvalue weighted by molar-refractivity contribution is 5.64. The maximum absolute atomic E-state index is 4.56. The summed E-state index contributed by atoms with van der Waals surface area (Å²) in [5, 5.41) is 4.56. The molecule has 0 aliphatic rings. The van der Waals surface area contributed by atoms with Gasteiger partial charge in [-0.1, -0.05) is 33.8 Å². The zero-order valence-electron chi connectivity index (χ0n) is 11.7. The van der Waals surface area contributed by atoms with E-state index in [0.717, 1.165) is 0 Å². The van der Waals surface area contributed by atoms with Crippen molar-refractivity contribution >= 4 is 5.52 Å². The Kier molecular flexibility index (Phi) is 2.98. The van der Waals surface area contributed by atoms with E-state index in [4.69, 9.17) is 0 Å². The Hall–Kier alpha value is -1.31. The van der Waals surface area contributed by atoms with E-state index in [9.17, 15) is 0 Å². The zero-order chi connectivity index (χ0) is 12.7. The van der Waals surface area contributed by atoms with Crippen LogP contribution in [0.25, 0.3) is 5.52 Å². The Morgan fingerprint density at radius 1 is 1.00 bits per heavy atom. The molecule has 0 amide bonds. The normalized spacial score (nSPS) is 12.0. The summed E-state index contributed by atoms with van der Waals surface area (Å²) in [6.45, 7) is 13.3. The van der Waals surface area contributed by atoms with E-state index in [1.165, 1.54) is 27.9 Å². The summed E-state index contributed by atoms with van der Waals surface area (Å²) in [5.74, 6) is 1.05. The zero-order valence-corrected chi connectivity index (χ0v) is 11.7. The van der Waals surface area contributed by atoms with Gasteiger partial charge in [0.25, 0.3) is 0 Å². The molecule has 92 valence electrons. The molecular weight excluding hydrogens is 208 g/mol. The van der Waals surface area contributed by atoms with E-state index in [1.807, 2.05) is 6.20 Å². The van der Waals surface area contributed by atoms with Crippen molar-refractivity contribution < 1.29 is 0 Å². The van der Waals surface area contributed by atoms with Gasteiger partial charge in [0.15, 0.2) is 0 Å². The number of hydrogen-bond acceptors (Lipinski definition) is 1. The lowest BCUT2D eigenvalue weighted by atomic mass is 9.95. The van der Waals surface area contributed by atoms with Crippen LogP contribution in [0.3, 0.4) is 0 Å². The fourth-order valence-corrected chi connectivity index (χ4v) is 2.34. The molecule has 0 radical (unpaired) electrons. The predicted molar refractivity (Wildman–Crippen MR) is 72.8 cm³/mol. The van der Waals surface area contributed by atoms with Gasteiger partial charge in [-0.05, 0) is 36.8 Å². The van der Waals surface area contributed by atoms with E-state index >= 15 is 0 Å². The average Bonchev–Trinajstić information content (AvgIpc) is 2.67. The van der Waals surface area contributed by atoms with E-state index in [2.05, 4.69) is 57.2 Å². The SMILES string of the molecule is Cc1cc(C(C)C)c2c(C(C)C)cnn2c1C. The second-order valence-corrected chi connectivity index (χ2v) is 5.54. The van der Waals surface area contributed by atoms with E-state index < -0.39 is 0 Å². The molecule has 0 unspecified atom stereocenters. The van der Waals surface area contributed by atoms with Crippen molar-refractivity contribution in [1.82, 2.24) is 9.61 Å². The van der Waals surface area contributed by atoms with Gasteiger partial charge in [0.05, 0.1) is 11.7 Å². The van der Waals surface area contributed by atoms with E-state index in [-0.39, 0.29) is 0 Å². The summed E-state index contributed by atoms with van der Waals surface area (Å²) < 4.78 is 2.11. The quantitative estimate of drug-likeness (QED) is 0.756. The van der Waals surface area contributed by atoms with Gasteiger partial charge in [-0.15, -0.1) is 0 Å². The lowest BCUT2D eigenvalue weighted by Crippen LogP contribution is -2.03. The number of hydrogen-bond donors (Lipinski definition) is 0. The Morgan fingerprint density at radius 3 is 2.12 bits per heavy atom. The minimum absolute atomic E-state index is 0.520. The Labute approximate surface area is 104 Å². The standard InChI is InChI=1S/C15H22N2/c1-9(2)13-7-11(5)12(6)17-15(13)14(8-16-17)10(3)4/h7-10H,1-6H3. The Balaban J connectivity index is 2.88. The monoisotopic (exact) mass is 230 g/mol. The third-order valence-electron chi connectivity index (χ3n) is 3.58. The van der Waals surface area contributed by atoms with Crippen LogP contribution >= 0.6 is 0 Å². The molecule has 2 nitrogen and oxygen atoms in total. The van der Waals surface area contributed by atoms with Crippen molar-refractivity contribution in [1.29, 1.82) is 0 Å². The molecule has 2 rings (SSSR count). The fraction of sp³-hybridized carbons (Fsp3) is 0.533. The number of fused-ring (bicyclic) bond motifs is 1. The minimum atomic E-state index is 0.520. The van der Waals surface area contributed by atoms with Gasteiger partial charge in [-0.25, -0.2) is 4.52 Å². The summed E-state index contributed by atoms with van der Waals surface area (Å²) in [7, 11) is 0. The third-order valence-corrected chi connectivity index (χ3v) is 3.58. The van der Waals surface area contributed by atoms with Gasteiger partial charge in [0.1, 0.15) is 0 Å². The van der Waals surface area contributed by atoms with Crippen LogP contribution in [0.4, 0.5) is 0 Å². The molecule has 0 saturated heterocycles. The Bertz CT molecular complexity index is 548. The van der Waals surface area contributed by atoms with Crippen molar-refractivity contribution in [3.8, 4) is 0 Å². The highest BCUT2D eigenvalue weighted by Crippen LogP contribution is 2.30. The number of aromatic nitrogens is 2. The molecule has 0 fully saturated rings. The second-order valence-electron chi connectivity index (χ2n) is 5.54. The Morgan fingerprint density at radius 2 is 1.59 bits per heavy atom. The number of rotatable bonds is 2. The maximum Gasteiger partial charge on any atom is 0.0734 e. The molecule has 0 atom stereocenters. The molecule has 0 aromatic carbocycles.